The molecule has 0 bridgehead atoms. The summed E-state index contributed by atoms with van der Waals surface area (Å²) in [6.07, 6.45) is 3.99. The summed E-state index contributed by atoms with van der Waals surface area (Å²) in [5.74, 6) is 0. The van der Waals surface area contributed by atoms with Crippen molar-refractivity contribution in [1.82, 2.24) is 20.5 Å². The Bertz CT molecular complexity index is 239. The average molecular weight is 194 g/mol. The first-order valence-corrected chi connectivity index (χ1v) is 5.20. The maximum atomic E-state index is 3.44. The molecule has 0 unspecified atom stereocenters. The molecule has 3 N–H and O–H groups in total. The van der Waals surface area contributed by atoms with Crippen LogP contribution in [0.4, 0.5) is 0 Å². The molecule has 1 saturated heterocycles. The number of rotatable bonds is 4. The van der Waals surface area contributed by atoms with Gasteiger partial charge in [-0.1, -0.05) is 0 Å². The molecular weight excluding hydrogens is 176 g/mol. The van der Waals surface area contributed by atoms with Gasteiger partial charge in [-0.2, -0.15) is 0 Å². The second-order valence-corrected chi connectivity index (χ2v) is 3.67. The van der Waals surface area contributed by atoms with E-state index in [1.165, 1.54) is 5.56 Å². The van der Waals surface area contributed by atoms with E-state index >= 15 is 0 Å². The fourth-order valence-corrected chi connectivity index (χ4v) is 1.70. The van der Waals surface area contributed by atoms with Crippen molar-refractivity contribution in [2.75, 3.05) is 32.8 Å². The molecule has 0 saturated carbocycles. The molecule has 4 heteroatoms. The first-order valence-electron chi connectivity index (χ1n) is 5.20. The standard InChI is InChI=1S/C10H18N4/c1-2-12-7-10(1)8-13-9-14-5-3-11-4-6-14/h1-2,7,11-13H,3-6,8-9H2. The van der Waals surface area contributed by atoms with Gasteiger partial charge < -0.3 is 15.6 Å². The van der Waals surface area contributed by atoms with Crippen molar-refractivity contribution in [1.29, 1.82) is 0 Å². The topological polar surface area (TPSA) is 43.1 Å². The monoisotopic (exact) mass is 194 g/mol. The molecule has 0 amide bonds. The quantitative estimate of drug-likeness (QED) is 0.630. The van der Waals surface area contributed by atoms with Crippen LogP contribution in [0, 0.1) is 0 Å². The smallest absolute Gasteiger partial charge is 0.0484 e. The number of hydrogen-bond donors (Lipinski definition) is 3. The lowest BCUT2D eigenvalue weighted by atomic mass is 10.3. The highest BCUT2D eigenvalue weighted by Gasteiger charge is 2.07. The van der Waals surface area contributed by atoms with E-state index < -0.39 is 0 Å². The Kier molecular flexibility index (Phi) is 3.57. The van der Waals surface area contributed by atoms with E-state index in [2.05, 4.69) is 26.6 Å². The number of aromatic amines is 1. The Morgan fingerprint density at radius 1 is 1.36 bits per heavy atom. The van der Waals surface area contributed by atoms with Gasteiger partial charge in [-0.25, -0.2) is 0 Å². The first-order chi connectivity index (χ1) is 6.95. The normalized spacial score (nSPS) is 18.6. The van der Waals surface area contributed by atoms with Crippen LogP contribution >= 0.6 is 0 Å². The van der Waals surface area contributed by atoms with Crippen LogP contribution < -0.4 is 10.6 Å². The summed E-state index contributed by atoms with van der Waals surface area (Å²) in [5, 5.41) is 6.78. The summed E-state index contributed by atoms with van der Waals surface area (Å²) in [5.41, 5.74) is 1.32. The second kappa shape index (κ2) is 5.14. The Balaban J connectivity index is 1.62. The minimum Gasteiger partial charge on any atom is -0.367 e. The summed E-state index contributed by atoms with van der Waals surface area (Å²) >= 11 is 0. The van der Waals surface area contributed by atoms with Gasteiger partial charge in [0.25, 0.3) is 0 Å². The van der Waals surface area contributed by atoms with E-state index in [4.69, 9.17) is 0 Å². The van der Waals surface area contributed by atoms with Gasteiger partial charge in [0, 0.05) is 51.8 Å². The lowest BCUT2D eigenvalue weighted by Gasteiger charge is -2.27. The molecule has 0 atom stereocenters. The minimum absolute atomic E-state index is 0.952. The van der Waals surface area contributed by atoms with Crippen LogP contribution in [-0.4, -0.2) is 42.7 Å². The molecule has 0 radical (unpaired) electrons. The molecule has 0 spiro atoms. The van der Waals surface area contributed by atoms with E-state index in [0.29, 0.717) is 0 Å². The van der Waals surface area contributed by atoms with E-state index in [0.717, 1.165) is 39.4 Å². The Labute approximate surface area is 84.7 Å². The van der Waals surface area contributed by atoms with Crippen molar-refractivity contribution in [3.8, 4) is 0 Å². The van der Waals surface area contributed by atoms with Gasteiger partial charge in [0.1, 0.15) is 0 Å². The first kappa shape index (κ1) is 9.71. The highest BCUT2D eigenvalue weighted by molar-refractivity contribution is 5.07. The number of aromatic nitrogens is 1. The van der Waals surface area contributed by atoms with Gasteiger partial charge in [0.05, 0.1) is 0 Å². The summed E-state index contributed by atoms with van der Waals surface area (Å²) in [7, 11) is 0. The van der Waals surface area contributed by atoms with E-state index in [-0.39, 0.29) is 0 Å². The molecule has 2 heterocycles. The number of nitrogens with one attached hydrogen (secondary N) is 3. The molecule has 2 rings (SSSR count). The third-order valence-electron chi connectivity index (χ3n) is 2.54. The van der Waals surface area contributed by atoms with E-state index in [1.807, 2.05) is 12.4 Å². The van der Waals surface area contributed by atoms with Crippen LogP contribution in [0.3, 0.4) is 0 Å². The lowest BCUT2D eigenvalue weighted by Crippen LogP contribution is -2.46. The molecule has 1 fully saturated rings. The largest absolute Gasteiger partial charge is 0.367 e. The predicted octanol–water partition coefficient (Wildman–Crippen LogP) is -0.0330. The van der Waals surface area contributed by atoms with Crippen LogP contribution in [0.25, 0.3) is 0 Å². The van der Waals surface area contributed by atoms with Crippen molar-refractivity contribution >= 4 is 0 Å². The van der Waals surface area contributed by atoms with Gasteiger partial charge in [-0.05, 0) is 11.6 Å². The molecule has 1 aromatic heterocycles. The number of piperazine rings is 1. The third kappa shape index (κ3) is 2.83. The van der Waals surface area contributed by atoms with Gasteiger partial charge in [-0.3, -0.25) is 4.90 Å². The minimum atomic E-state index is 0.952. The molecule has 1 aromatic rings. The Hall–Kier alpha value is -0.840. The summed E-state index contributed by atoms with van der Waals surface area (Å²) in [6.45, 7) is 6.48. The fourth-order valence-electron chi connectivity index (χ4n) is 1.70. The summed E-state index contributed by atoms with van der Waals surface area (Å²) in [6, 6.07) is 2.10. The van der Waals surface area contributed by atoms with Crippen molar-refractivity contribution < 1.29 is 0 Å². The SMILES string of the molecule is c1cc(CNCN2CCNCC2)c[nH]1. The molecule has 4 nitrogen and oxygen atoms in total. The van der Waals surface area contributed by atoms with Crippen LogP contribution in [0.15, 0.2) is 18.5 Å². The average Bonchev–Trinajstić information content (AvgIpc) is 2.72. The zero-order chi connectivity index (χ0) is 9.64. The van der Waals surface area contributed by atoms with Crippen molar-refractivity contribution in [2.24, 2.45) is 0 Å². The molecule has 0 aromatic carbocycles. The van der Waals surface area contributed by atoms with Crippen molar-refractivity contribution in [2.45, 2.75) is 6.54 Å². The van der Waals surface area contributed by atoms with Crippen molar-refractivity contribution in [3.63, 3.8) is 0 Å². The highest BCUT2D eigenvalue weighted by Crippen LogP contribution is 1.95. The van der Waals surface area contributed by atoms with Crippen molar-refractivity contribution in [3.05, 3.63) is 24.0 Å². The molecule has 14 heavy (non-hydrogen) atoms. The van der Waals surface area contributed by atoms with Crippen LogP contribution in [0.5, 0.6) is 0 Å². The second-order valence-electron chi connectivity index (χ2n) is 3.67. The lowest BCUT2D eigenvalue weighted by molar-refractivity contribution is 0.223. The molecular formula is C10H18N4. The fraction of sp³-hybridized carbons (Fsp3) is 0.600. The van der Waals surface area contributed by atoms with Gasteiger partial charge in [0.2, 0.25) is 0 Å². The molecule has 0 aliphatic carbocycles. The van der Waals surface area contributed by atoms with E-state index in [1.54, 1.807) is 0 Å². The Morgan fingerprint density at radius 2 is 2.21 bits per heavy atom. The summed E-state index contributed by atoms with van der Waals surface area (Å²) in [4.78, 5) is 5.49. The zero-order valence-electron chi connectivity index (χ0n) is 8.42. The van der Waals surface area contributed by atoms with Gasteiger partial charge in [0.15, 0.2) is 0 Å². The van der Waals surface area contributed by atoms with Gasteiger partial charge >= 0.3 is 0 Å². The van der Waals surface area contributed by atoms with Crippen LogP contribution in [0.1, 0.15) is 5.56 Å². The molecule has 1 aliphatic heterocycles. The highest BCUT2D eigenvalue weighted by atomic mass is 15.2. The Morgan fingerprint density at radius 3 is 2.93 bits per heavy atom. The zero-order valence-corrected chi connectivity index (χ0v) is 8.42. The number of H-pyrrole nitrogens is 1. The number of hydrogen-bond acceptors (Lipinski definition) is 3. The van der Waals surface area contributed by atoms with Gasteiger partial charge in [-0.15, -0.1) is 0 Å². The predicted molar refractivity (Wildman–Crippen MR) is 56.9 cm³/mol. The molecule has 1 aliphatic rings. The van der Waals surface area contributed by atoms with Crippen LogP contribution in [-0.2, 0) is 6.54 Å². The third-order valence-corrected chi connectivity index (χ3v) is 2.54. The summed E-state index contributed by atoms with van der Waals surface area (Å²) < 4.78 is 0. The maximum Gasteiger partial charge on any atom is 0.0484 e. The molecule has 78 valence electrons. The maximum absolute atomic E-state index is 3.44. The van der Waals surface area contributed by atoms with Crippen LogP contribution in [0.2, 0.25) is 0 Å². The van der Waals surface area contributed by atoms with E-state index in [9.17, 15) is 0 Å². The number of nitrogens with zero attached hydrogens (tertiary/aromatic N) is 1.